The van der Waals surface area contributed by atoms with Gasteiger partial charge in [-0.1, -0.05) is 18.2 Å². The summed E-state index contributed by atoms with van der Waals surface area (Å²) in [4.78, 5) is 27.5. The number of hydrogen-bond donors (Lipinski definition) is 1. The summed E-state index contributed by atoms with van der Waals surface area (Å²) in [6, 6.07) is 10.6. The first-order valence-corrected chi connectivity index (χ1v) is 6.26. The van der Waals surface area contributed by atoms with Crippen molar-refractivity contribution in [3.63, 3.8) is 0 Å². The van der Waals surface area contributed by atoms with E-state index in [1.807, 2.05) is 19.1 Å². The van der Waals surface area contributed by atoms with Crippen LogP contribution in [0.15, 0.2) is 41.2 Å². The molecule has 1 N–H and O–H groups in total. The Labute approximate surface area is 115 Å². The van der Waals surface area contributed by atoms with Crippen LogP contribution in [-0.4, -0.2) is 18.1 Å². The molecule has 1 aromatic heterocycles. The van der Waals surface area contributed by atoms with E-state index in [0.717, 1.165) is 11.1 Å². The number of aromatic amines is 1. The number of carbonyl (C=O) groups excluding carboxylic acids is 1. The molecule has 0 saturated heterocycles. The molecule has 4 nitrogen and oxygen atoms in total. The molecule has 0 atom stereocenters. The lowest BCUT2D eigenvalue weighted by atomic mass is 10.0. The van der Waals surface area contributed by atoms with E-state index in [-0.39, 0.29) is 5.43 Å². The van der Waals surface area contributed by atoms with Crippen LogP contribution in [0.5, 0.6) is 0 Å². The second-order valence-corrected chi connectivity index (χ2v) is 4.67. The van der Waals surface area contributed by atoms with Crippen LogP contribution in [-0.2, 0) is 4.74 Å². The number of aryl methyl sites for hydroxylation is 1. The van der Waals surface area contributed by atoms with Gasteiger partial charge in [0, 0.05) is 10.8 Å². The number of methoxy groups -OCH3 is 1. The molecule has 3 aromatic rings. The lowest BCUT2D eigenvalue weighted by Crippen LogP contribution is -2.09. The summed E-state index contributed by atoms with van der Waals surface area (Å²) in [5, 5.41) is 1.12. The molecule has 4 heteroatoms. The topological polar surface area (TPSA) is 59.2 Å². The van der Waals surface area contributed by atoms with Gasteiger partial charge in [-0.3, -0.25) is 4.79 Å². The highest BCUT2D eigenvalue weighted by Gasteiger charge is 2.14. The summed E-state index contributed by atoms with van der Waals surface area (Å²) in [6.07, 6.45) is 0. The Bertz CT molecular complexity index is 893. The highest BCUT2D eigenvalue weighted by molar-refractivity contribution is 6.05. The third-order valence-corrected chi connectivity index (χ3v) is 3.48. The van der Waals surface area contributed by atoms with Crippen molar-refractivity contribution < 1.29 is 9.53 Å². The molecular weight excluding hydrogens is 254 g/mol. The molecule has 0 bridgehead atoms. The van der Waals surface area contributed by atoms with Gasteiger partial charge in [0.15, 0.2) is 5.43 Å². The van der Waals surface area contributed by atoms with E-state index in [9.17, 15) is 9.59 Å². The van der Waals surface area contributed by atoms with Gasteiger partial charge in [-0.05, 0) is 30.7 Å². The molecule has 0 aliphatic rings. The number of benzene rings is 2. The summed E-state index contributed by atoms with van der Waals surface area (Å²) in [5.41, 5.74) is 2.52. The monoisotopic (exact) mass is 267 g/mol. The molecule has 1 heterocycles. The lowest BCUT2D eigenvalue weighted by molar-refractivity contribution is 0.0603. The molecule has 100 valence electrons. The van der Waals surface area contributed by atoms with Crippen LogP contribution >= 0.6 is 0 Å². The normalized spacial score (nSPS) is 10.9. The van der Waals surface area contributed by atoms with Crippen LogP contribution in [0.25, 0.3) is 21.8 Å². The second kappa shape index (κ2) is 4.49. The second-order valence-electron chi connectivity index (χ2n) is 4.67. The first kappa shape index (κ1) is 12.4. The maximum Gasteiger partial charge on any atom is 0.339 e. The van der Waals surface area contributed by atoms with Crippen LogP contribution in [0, 0.1) is 6.92 Å². The number of aromatic nitrogens is 1. The number of H-pyrrole nitrogens is 1. The van der Waals surface area contributed by atoms with E-state index in [1.165, 1.54) is 7.11 Å². The van der Waals surface area contributed by atoms with Crippen molar-refractivity contribution in [2.75, 3.05) is 7.11 Å². The van der Waals surface area contributed by atoms with Crippen molar-refractivity contribution in [1.29, 1.82) is 0 Å². The van der Waals surface area contributed by atoms with Gasteiger partial charge in [0.05, 0.1) is 23.7 Å². The summed E-state index contributed by atoms with van der Waals surface area (Å²) >= 11 is 0. The van der Waals surface area contributed by atoms with Crippen molar-refractivity contribution in [3.8, 4) is 0 Å². The zero-order chi connectivity index (χ0) is 14.3. The molecular formula is C16H13NO3. The first-order chi connectivity index (χ1) is 9.63. The summed E-state index contributed by atoms with van der Waals surface area (Å²) in [5.74, 6) is -0.459. The standard InChI is InChI=1S/C16H13NO3/c1-9-5-3-6-10-13(9)17-14-11(15(10)18)7-4-8-12(14)16(19)20-2/h3-8H,1-2H3,(H,17,18). The number of pyridine rings is 1. The molecule has 0 fully saturated rings. The molecule has 0 saturated carbocycles. The number of fused-ring (bicyclic) bond motifs is 2. The number of nitrogens with one attached hydrogen (secondary N) is 1. The minimum Gasteiger partial charge on any atom is -0.465 e. The smallest absolute Gasteiger partial charge is 0.339 e. The molecule has 0 aliphatic heterocycles. The number of hydrogen-bond acceptors (Lipinski definition) is 3. The molecule has 0 aliphatic carbocycles. The lowest BCUT2D eigenvalue weighted by Gasteiger charge is -2.08. The highest BCUT2D eigenvalue weighted by atomic mass is 16.5. The van der Waals surface area contributed by atoms with Crippen molar-refractivity contribution >= 4 is 27.8 Å². The zero-order valence-electron chi connectivity index (χ0n) is 11.2. The molecule has 20 heavy (non-hydrogen) atoms. The third-order valence-electron chi connectivity index (χ3n) is 3.48. The van der Waals surface area contributed by atoms with E-state index >= 15 is 0 Å². The van der Waals surface area contributed by atoms with Crippen molar-refractivity contribution in [2.45, 2.75) is 6.92 Å². The highest BCUT2D eigenvalue weighted by Crippen LogP contribution is 2.20. The molecule has 0 unspecified atom stereocenters. The number of para-hydroxylation sites is 2. The van der Waals surface area contributed by atoms with Crippen LogP contribution in [0.4, 0.5) is 0 Å². The Hall–Kier alpha value is -2.62. The molecule has 2 aromatic carbocycles. The largest absolute Gasteiger partial charge is 0.465 e. The predicted molar refractivity (Wildman–Crippen MR) is 78.2 cm³/mol. The van der Waals surface area contributed by atoms with E-state index in [0.29, 0.717) is 21.9 Å². The zero-order valence-corrected chi connectivity index (χ0v) is 11.2. The molecule has 3 rings (SSSR count). The Morgan fingerprint density at radius 1 is 1.05 bits per heavy atom. The Morgan fingerprint density at radius 3 is 2.40 bits per heavy atom. The fourth-order valence-electron chi connectivity index (χ4n) is 2.45. The predicted octanol–water partition coefficient (Wildman–Crippen LogP) is 2.78. The van der Waals surface area contributed by atoms with Crippen molar-refractivity contribution in [3.05, 3.63) is 57.7 Å². The van der Waals surface area contributed by atoms with Gasteiger partial charge in [0.25, 0.3) is 0 Å². The van der Waals surface area contributed by atoms with Gasteiger partial charge in [-0.15, -0.1) is 0 Å². The van der Waals surface area contributed by atoms with Crippen LogP contribution in [0.3, 0.4) is 0 Å². The van der Waals surface area contributed by atoms with Gasteiger partial charge in [-0.25, -0.2) is 4.79 Å². The number of carbonyl (C=O) groups is 1. The van der Waals surface area contributed by atoms with Crippen molar-refractivity contribution in [2.24, 2.45) is 0 Å². The van der Waals surface area contributed by atoms with E-state index < -0.39 is 5.97 Å². The molecule has 0 spiro atoms. The third kappa shape index (κ3) is 1.69. The van der Waals surface area contributed by atoms with Gasteiger partial charge in [-0.2, -0.15) is 0 Å². The minimum absolute atomic E-state index is 0.0804. The van der Waals surface area contributed by atoms with Crippen LogP contribution < -0.4 is 5.43 Å². The maximum absolute atomic E-state index is 12.5. The SMILES string of the molecule is COC(=O)c1cccc2c(=O)c3cccc(C)c3[nH]c12. The van der Waals surface area contributed by atoms with Crippen LogP contribution in [0.2, 0.25) is 0 Å². The number of esters is 1. The summed E-state index contributed by atoms with van der Waals surface area (Å²) < 4.78 is 4.77. The maximum atomic E-state index is 12.5. The van der Waals surface area contributed by atoms with E-state index in [2.05, 4.69) is 4.98 Å². The summed E-state index contributed by atoms with van der Waals surface area (Å²) in [7, 11) is 1.32. The van der Waals surface area contributed by atoms with Gasteiger partial charge in [0.1, 0.15) is 0 Å². The first-order valence-electron chi connectivity index (χ1n) is 6.26. The van der Waals surface area contributed by atoms with Gasteiger partial charge < -0.3 is 9.72 Å². The molecule has 0 radical (unpaired) electrons. The van der Waals surface area contributed by atoms with Gasteiger partial charge in [0.2, 0.25) is 0 Å². The Morgan fingerprint density at radius 2 is 1.70 bits per heavy atom. The average molecular weight is 267 g/mol. The summed E-state index contributed by atoms with van der Waals surface area (Å²) in [6.45, 7) is 1.92. The van der Waals surface area contributed by atoms with Gasteiger partial charge >= 0.3 is 5.97 Å². The number of rotatable bonds is 1. The average Bonchev–Trinajstić information content (AvgIpc) is 2.47. The van der Waals surface area contributed by atoms with E-state index in [4.69, 9.17) is 4.74 Å². The fraction of sp³-hybridized carbons (Fsp3) is 0.125. The fourth-order valence-corrected chi connectivity index (χ4v) is 2.45. The minimum atomic E-state index is -0.459. The Kier molecular flexibility index (Phi) is 2.79. The van der Waals surface area contributed by atoms with E-state index in [1.54, 1.807) is 24.3 Å². The molecule has 0 amide bonds. The quantitative estimate of drug-likeness (QED) is 0.545. The van der Waals surface area contributed by atoms with Crippen molar-refractivity contribution in [1.82, 2.24) is 4.98 Å². The number of ether oxygens (including phenoxy) is 1. The Balaban J connectivity index is 2.54. The van der Waals surface area contributed by atoms with Crippen LogP contribution in [0.1, 0.15) is 15.9 Å².